The van der Waals surface area contributed by atoms with Crippen molar-refractivity contribution in [2.75, 3.05) is 19.7 Å². The molecule has 0 aromatic carbocycles. The monoisotopic (exact) mass is 298 g/mol. The van der Waals surface area contributed by atoms with E-state index in [1.54, 1.807) is 0 Å². The van der Waals surface area contributed by atoms with Crippen molar-refractivity contribution in [3.05, 3.63) is 22.5 Å². The van der Waals surface area contributed by atoms with Crippen LogP contribution in [0.3, 0.4) is 0 Å². The molecular weight excluding hydrogens is 276 g/mol. The smallest absolute Gasteiger partial charge is 0.306 e. The van der Waals surface area contributed by atoms with Gasteiger partial charge in [0, 0.05) is 13.2 Å². The molecule has 1 aromatic rings. The zero-order valence-corrected chi connectivity index (χ0v) is 11.9. The average molecular weight is 298 g/mol. The van der Waals surface area contributed by atoms with E-state index in [9.17, 15) is 20.3 Å². The van der Waals surface area contributed by atoms with Gasteiger partial charge in [0.25, 0.3) is 0 Å². The number of rotatable bonds is 8. The maximum atomic E-state index is 10.5. The first-order valence-electron chi connectivity index (χ1n) is 7.26. The van der Waals surface area contributed by atoms with Gasteiger partial charge in [-0.25, -0.2) is 0 Å². The highest BCUT2D eigenvalue weighted by atomic mass is 16.6. The summed E-state index contributed by atoms with van der Waals surface area (Å²) < 4.78 is 1.37. The Bertz CT molecular complexity index is 465. The number of aromatic nitrogens is 2. The Labute approximate surface area is 122 Å². The summed E-state index contributed by atoms with van der Waals surface area (Å²) in [4.78, 5) is 10.0. The van der Waals surface area contributed by atoms with Crippen molar-refractivity contribution in [3.8, 4) is 0 Å². The Morgan fingerprint density at radius 1 is 1.52 bits per heavy atom. The Kier molecular flexibility index (Phi) is 5.66. The van der Waals surface area contributed by atoms with Crippen molar-refractivity contribution in [1.29, 1.82) is 0 Å². The molecule has 1 heterocycles. The number of nitrogens with one attached hydrogen (secondary N) is 1. The van der Waals surface area contributed by atoms with E-state index in [-0.39, 0.29) is 18.8 Å². The Morgan fingerprint density at radius 2 is 2.29 bits per heavy atom. The molecule has 118 valence electrons. The molecule has 0 bridgehead atoms. The van der Waals surface area contributed by atoms with Gasteiger partial charge >= 0.3 is 5.69 Å². The van der Waals surface area contributed by atoms with Crippen LogP contribution in [-0.4, -0.2) is 50.7 Å². The van der Waals surface area contributed by atoms with Gasteiger partial charge in [-0.1, -0.05) is 6.42 Å². The molecule has 0 saturated heterocycles. The van der Waals surface area contributed by atoms with E-state index in [2.05, 4.69) is 10.4 Å². The van der Waals surface area contributed by atoms with Crippen molar-refractivity contribution in [3.63, 3.8) is 0 Å². The lowest BCUT2D eigenvalue weighted by Gasteiger charge is -2.19. The van der Waals surface area contributed by atoms with E-state index >= 15 is 0 Å². The highest BCUT2D eigenvalue weighted by molar-refractivity contribution is 5.20. The van der Waals surface area contributed by atoms with E-state index in [0.29, 0.717) is 18.4 Å². The van der Waals surface area contributed by atoms with E-state index in [1.807, 2.05) is 0 Å². The molecule has 8 heteroatoms. The van der Waals surface area contributed by atoms with Crippen LogP contribution in [0.15, 0.2) is 12.4 Å². The fourth-order valence-electron chi connectivity index (χ4n) is 2.89. The van der Waals surface area contributed by atoms with Gasteiger partial charge in [-0.05, 0) is 31.2 Å². The van der Waals surface area contributed by atoms with Crippen LogP contribution in [0.2, 0.25) is 0 Å². The number of hydrogen-bond donors (Lipinski definition) is 3. The van der Waals surface area contributed by atoms with Crippen LogP contribution in [0.5, 0.6) is 0 Å². The van der Waals surface area contributed by atoms with Crippen molar-refractivity contribution >= 4 is 5.69 Å². The van der Waals surface area contributed by atoms with Gasteiger partial charge in [0.05, 0.1) is 17.6 Å². The SMILES string of the molecule is O=[N+]([O-])c1cnn(CC(O)CNCC2CCCC2CO)c1. The fourth-order valence-corrected chi connectivity index (χ4v) is 2.89. The van der Waals surface area contributed by atoms with Crippen LogP contribution in [0, 0.1) is 22.0 Å². The topological polar surface area (TPSA) is 113 Å². The van der Waals surface area contributed by atoms with Gasteiger partial charge < -0.3 is 15.5 Å². The zero-order valence-electron chi connectivity index (χ0n) is 11.9. The van der Waals surface area contributed by atoms with Crippen LogP contribution in [0.1, 0.15) is 19.3 Å². The lowest BCUT2D eigenvalue weighted by Crippen LogP contribution is -2.34. The van der Waals surface area contributed by atoms with Gasteiger partial charge in [0.15, 0.2) is 0 Å². The standard InChI is InChI=1S/C13H22N4O4/c18-9-11-3-1-2-10(11)4-14-6-13(19)8-16-7-12(5-15-16)17(20)21/h5,7,10-11,13-14,18-19H,1-4,6,8-9H2. The number of aliphatic hydroxyl groups is 2. The van der Waals surface area contributed by atoms with Gasteiger partial charge in [0.2, 0.25) is 0 Å². The van der Waals surface area contributed by atoms with E-state index in [0.717, 1.165) is 25.8 Å². The van der Waals surface area contributed by atoms with Crippen molar-refractivity contribution in [1.82, 2.24) is 15.1 Å². The largest absolute Gasteiger partial charge is 0.396 e. The van der Waals surface area contributed by atoms with Crippen LogP contribution < -0.4 is 5.32 Å². The molecular formula is C13H22N4O4. The molecule has 1 aliphatic carbocycles. The minimum absolute atomic E-state index is 0.0769. The van der Waals surface area contributed by atoms with Crippen molar-refractivity contribution < 1.29 is 15.1 Å². The molecule has 21 heavy (non-hydrogen) atoms. The van der Waals surface area contributed by atoms with Gasteiger partial charge in [-0.2, -0.15) is 5.10 Å². The van der Waals surface area contributed by atoms with Crippen LogP contribution >= 0.6 is 0 Å². The van der Waals surface area contributed by atoms with Crippen LogP contribution in [0.25, 0.3) is 0 Å². The molecule has 0 spiro atoms. The average Bonchev–Trinajstić information content (AvgIpc) is 3.07. The van der Waals surface area contributed by atoms with Crippen LogP contribution in [-0.2, 0) is 6.54 Å². The summed E-state index contributed by atoms with van der Waals surface area (Å²) in [7, 11) is 0. The second-order valence-electron chi connectivity index (χ2n) is 5.62. The lowest BCUT2D eigenvalue weighted by atomic mass is 9.97. The first-order valence-corrected chi connectivity index (χ1v) is 7.26. The van der Waals surface area contributed by atoms with Crippen LogP contribution in [0.4, 0.5) is 5.69 Å². The maximum Gasteiger partial charge on any atom is 0.306 e. The normalized spacial score (nSPS) is 23.3. The summed E-state index contributed by atoms with van der Waals surface area (Å²) >= 11 is 0. The van der Waals surface area contributed by atoms with Gasteiger partial charge in [0.1, 0.15) is 12.4 Å². The summed E-state index contributed by atoms with van der Waals surface area (Å²) in [6, 6.07) is 0. The molecule has 3 atom stereocenters. The maximum absolute atomic E-state index is 10.5. The lowest BCUT2D eigenvalue weighted by molar-refractivity contribution is -0.385. The Morgan fingerprint density at radius 3 is 2.95 bits per heavy atom. The molecule has 1 aliphatic rings. The Hall–Kier alpha value is -1.51. The fraction of sp³-hybridized carbons (Fsp3) is 0.769. The predicted molar refractivity (Wildman–Crippen MR) is 75.7 cm³/mol. The second-order valence-corrected chi connectivity index (χ2v) is 5.62. The van der Waals surface area contributed by atoms with E-state index in [1.165, 1.54) is 17.1 Å². The molecule has 1 saturated carbocycles. The Balaban J connectivity index is 1.69. The molecule has 3 N–H and O–H groups in total. The third-order valence-electron chi connectivity index (χ3n) is 4.07. The van der Waals surface area contributed by atoms with Gasteiger partial charge in [-0.3, -0.25) is 14.8 Å². The first-order chi connectivity index (χ1) is 10.1. The minimum Gasteiger partial charge on any atom is -0.396 e. The molecule has 0 radical (unpaired) electrons. The number of aliphatic hydroxyl groups excluding tert-OH is 2. The molecule has 1 fully saturated rings. The predicted octanol–water partition coefficient (Wildman–Crippen LogP) is 0.150. The first kappa shape index (κ1) is 15.9. The highest BCUT2D eigenvalue weighted by Crippen LogP contribution is 2.30. The molecule has 2 rings (SSSR count). The molecule has 1 aromatic heterocycles. The zero-order chi connectivity index (χ0) is 15.2. The molecule has 0 aliphatic heterocycles. The van der Waals surface area contributed by atoms with Gasteiger partial charge in [-0.15, -0.1) is 0 Å². The highest BCUT2D eigenvalue weighted by Gasteiger charge is 2.26. The van der Waals surface area contributed by atoms with E-state index < -0.39 is 11.0 Å². The summed E-state index contributed by atoms with van der Waals surface area (Å²) in [6.07, 6.45) is 5.16. The number of nitrogens with zero attached hydrogens (tertiary/aromatic N) is 3. The minimum atomic E-state index is -0.654. The molecule has 8 nitrogen and oxygen atoms in total. The molecule has 0 amide bonds. The summed E-state index contributed by atoms with van der Waals surface area (Å²) in [5, 5.41) is 36.7. The second kappa shape index (κ2) is 7.48. The third kappa shape index (κ3) is 4.48. The summed E-state index contributed by atoms with van der Waals surface area (Å²) in [6.45, 7) is 1.63. The summed E-state index contributed by atoms with van der Waals surface area (Å²) in [5.74, 6) is 0.830. The van der Waals surface area contributed by atoms with E-state index in [4.69, 9.17) is 0 Å². The number of nitro groups is 1. The van der Waals surface area contributed by atoms with Crippen molar-refractivity contribution in [2.45, 2.75) is 31.9 Å². The molecule has 3 unspecified atom stereocenters. The third-order valence-corrected chi connectivity index (χ3v) is 4.07. The quantitative estimate of drug-likeness (QED) is 0.465. The number of hydrogen-bond acceptors (Lipinski definition) is 6. The summed E-state index contributed by atoms with van der Waals surface area (Å²) in [5.41, 5.74) is -0.0769. The van der Waals surface area contributed by atoms with Crippen molar-refractivity contribution in [2.24, 2.45) is 11.8 Å².